The number of carbonyl (C=O) groups is 1. The zero-order chi connectivity index (χ0) is 20.8. The van der Waals surface area contributed by atoms with Crippen molar-refractivity contribution in [3.05, 3.63) is 29.2 Å². The van der Waals surface area contributed by atoms with E-state index in [4.69, 9.17) is 9.84 Å². The van der Waals surface area contributed by atoms with Gasteiger partial charge < -0.3 is 19.4 Å². The van der Waals surface area contributed by atoms with E-state index in [1.807, 2.05) is 18.0 Å². The maximum Gasteiger partial charge on any atom is 0.219 e. The number of amides is 1. The molecule has 5 heterocycles. The second-order valence-corrected chi connectivity index (χ2v) is 8.62. The van der Waals surface area contributed by atoms with E-state index in [0.717, 1.165) is 69.3 Å². The minimum Gasteiger partial charge on any atom is -0.381 e. The van der Waals surface area contributed by atoms with Gasteiger partial charge >= 0.3 is 0 Å². The van der Waals surface area contributed by atoms with E-state index >= 15 is 0 Å². The number of anilines is 3. The minimum atomic E-state index is 0.126. The summed E-state index contributed by atoms with van der Waals surface area (Å²) < 4.78 is 7.84. The first-order valence-corrected chi connectivity index (χ1v) is 10.9. The molecule has 0 bridgehead atoms. The monoisotopic (exact) mass is 410 g/mol. The Balaban J connectivity index is 1.61. The fraction of sp³-hybridized carbons (Fsp3) is 0.591. The number of pyridine rings is 1. The Morgan fingerprint density at radius 2 is 1.97 bits per heavy atom. The van der Waals surface area contributed by atoms with Crippen LogP contribution >= 0.6 is 0 Å². The molecule has 30 heavy (non-hydrogen) atoms. The highest BCUT2D eigenvalue weighted by Gasteiger charge is 2.34. The number of aryl methyl sites for hydroxylation is 1. The van der Waals surface area contributed by atoms with E-state index < -0.39 is 0 Å². The molecule has 3 aliphatic heterocycles. The molecule has 1 fully saturated rings. The van der Waals surface area contributed by atoms with Crippen LogP contribution in [0.4, 0.5) is 17.2 Å². The Bertz CT molecular complexity index is 965. The van der Waals surface area contributed by atoms with Crippen molar-refractivity contribution in [2.24, 2.45) is 0 Å². The first-order valence-electron chi connectivity index (χ1n) is 10.9. The zero-order valence-corrected chi connectivity index (χ0v) is 18.1. The van der Waals surface area contributed by atoms with E-state index in [1.165, 1.54) is 16.9 Å². The van der Waals surface area contributed by atoms with Crippen molar-refractivity contribution in [2.45, 2.75) is 45.7 Å². The van der Waals surface area contributed by atoms with E-state index in [-0.39, 0.29) is 5.91 Å². The van der Waals surface area contributed by atoms with E-state index in [0.29, 0.717) is 12.6 Å². The minimum absolute atomic E-state index is 0.126. The van der Waals surface area contributed by atoms with Crippen molar-refractivity contribution in [2.75, 3.05) is 49.7 Å². The van der Waals surface area contributed by atoms with Crippen LogP contribution in [-0.2, 0) is 22.5 Å². The summed E-state index contributed by atoms with van der Waals surface area (Å²) >= 11 is 0. The Labute approximate surface area is 177 Å². The van der Waals surface area contributed by atoms with Crippen LogP contribution in [0.5, 0.6) is 0 Å². The maximum atomic E-state index is 12.1. The van der Waals surface area contributed by atoms with Gasteiger partial charge in [0.15, 0.2) is 5.82 Å². The third-order valence-corrected chi connectivity index (χ3v) is 6.66. The van der Waals surface area contributed by atoms with Gasteiger partial charge in [-0.2, -0.15) is 5.10 Å². The lowest BCUT2D eigenvalue weighted by Crippen LogP contribution is -2.38. The number of hydrogen-bond acceptors (Lipinski definition) is 6. The number of fused-ring (bicyclic) bond motifs is 2. The van der Waals surface area contributed by atoms with E-state index in [9.17, 15) is 4.79 Å². The maximum absolute atomic E-state index is 12.1. The van der Waals surface area contributed by atoms with Gasteiger partial charge in [0.2, 0.25) is 5.91 Å². The molecule has 2 aromatic heterocycles. The summed E-state index contributed by atoms with van der Waals surface area (Å²) in [6.45, 7) is 8.42. The molecule has 0 aromatic carbocycles. The van der Waals surface area contributed by atoms with Crippen LogP contribution < -0.4 is 9.80 Å². The third kappa shape index (κ3) is 3.23. The van der Waals surface area contributed by atoms with Crippen LogP contribution in [0, 0.1) is 6.92 Å². The van der Waals surface area contributed by atoms with Crippen molar-refractivity contribution < 1.29 is 9.53 Å². The van der Waals surface area contributed by atoms with Crippen LogP contribution in [0.25, 0.3) is 0 Å². The molecule has 0 atom stereocenters. The van der Waals surface area contributed by atoms with Gasteiger partial charge in [0.25, 0.3) is 0 Å². The third-order valence-electron chi connectivity index (χ3n) is 6.66. The highest BCUT2D eigenvalue weighted by Crippen LogP contribution is 2.41. The normalized spacial score (nSPS) is 19.6. The predicted octanol–water partition coefficient (Wildman–Crippen LogP) is 2.43. The number of ether oxygens (including phenoxy) is 1. The highest BCUT2D eigenvalue weighted by molar-refractivity contribution is 5.79. The van der Waals surface area contributed by atoms with Crippen molar-refractivity contribution in [3.8, 4) is 0 Å². The zero-order valence-electron chi connectivity index (χ0n) is 18.1. The molecule has 8 nitrogen and oxygen atoms in total. The van der Waals surface area contributed by atoms with Gasteiger partial charge in [-0.1, -0.05) is 0 Å². The summed E-state index contributed by atoms with van der Waals surface area (Å²) in [5, 5.41) is 5.18. The van der Waals surface area contributed by atoms with Gasteiger partial charge in [0.05, 0.1) is 30.2 Å². The number of aromatic nitrogens is 3. The molecule has 0 radical (unpaired) electrons. The molecule has 5 rings (SSSR count). The van der Waals surface area contributed by atoms with Crippen LogP contribution in [0.3, 0.4) is 0 Å². The summed E-state index contributed by atoms with van der Waals surface area (Å²) in [6, 6.07) is 2.51. The molecule has 0 saturated carbocycles. The molecule has 0 aliphatic carbocycles. The van der Waals surface area contributed by atoms with Crippen molar-refractivity contribution >= 4 is 23.1 Å². The van der Waals surface area contributed by atoms with E-state index in [2.05, 4.69) is 32.6 Å². The van der Waals surface area contributed by atoms with Gasteiger partial charge in [-0.25, -0.2) is 0 Å². The number of nitrogens with zero attached hydrogens (tertiary/aromatic N) is 6. The van der Waals surface area contributed by atoms with Crippen LogP contribution in [0.15, 0.2) is 12.3 Å². The highest BCUT2D eigenvalue weighted by atomic mass is 16.5. The van der Waals surface area contributed by atoms with Gasteiger partial charge in [-0.05, 0) is 25.8 Å². The van der Waals surface area contributed by atoms with Crippen molar-refractivity contribution in [1.82, 2.24) is 19.7 Å². The Morgan fingerprint density at radius 3 is 2.73 bits per heavy atom. The Hall–Kier alpha value is -2.61. The van der Waals surface area contributed by atoms with Crippen molar-refractivity contribution in [1.29, 1.82) is 0 Å². The molecule has 0 spiro atoms. The first-order chi connectivity index (χ1) is 14.5. The molecular formula is C22H30N6O2. The summed E-state index contributed by atoms with van der Waals surface area (Å²) in [7, 11) is 2.13. The van der Waals surface area contributed by atoms with Crippen molar-refractivity contribution in [3.63, 3.8) is 0 Å². The molecule has 0 unspecified atom stereocenters. The molecule has 160 valence electrons. The van der Waals surface area contributed by atoms with Gasteiger partial charge in [-0.15, -0.1) is 0 Å². The molecule has 1 amide bonds. The smallest absolute Gasteiger partial charge is 0.219 e. The van der Waals surface area contributed by atoms with Gasteiger partial charge in [-0.3, -0.25) is 14.5 Å². The fourth-order valence-electron chi connectivity index (χ4n) is 4.91. The standard InChI is InChI=1S/C22H30N6O2/c1-15-12-20-21(13-23-15)27(9-8-25(20)3)22-18-14-26(16(2)29)7-4-19(18)28(24-22)17-5-10-30-11-6-17/h12-13,17H,4-11,14H2,1-3H3. The molecule has 3 aliphatic rings. The average Bonchev–Trinajstić information content (AvgIpc) is 3.14. The lowest BCUT2D eigenvalue weighted by Gasteiger charge is -2.36. The second kappa shape index (κ2) is 7.58. The summed E-state index contributed by atoms with van der Waals surface area (Å²) in [6.07, 6.45) is 4.80. The molecule has 0 N–H and O–H groups in total. The lowest BCUT2D eigenvalue weighted by atomic mass is 10.0. The average molecular weight is 411 g/mol. The van der Waals surface area contributed by atoms with E-state index in [1.54, 1.807) is 6.92 Å². The summed E-state index contributed by atoms with van der Waals surface area (Å²) in [5.74, 6) is 1.11. The molecule has 8 heteroatoms. The largest absolute Gasteiger partial charge is 0.381 e. The SMILES string of the molecule is CC(=O)N1CCc2c(c(N3CCN(C)c4cc(C)ncc43)nn2C2CCOCC2)C1. The summed E-state index contributed by atoms with van der Waals surface area (Å²) in [5.41, 5.74) is 5.77. The number of rotatable bonds is 2. The Morgan fingerprint density at radius 1 is 1.17 bits per heavy atom. The number of carbonyl (C=O) groups excluding carboxylic acids is 1. The number of hydrogen-bond donors (Lipinski definition) is 0. The molecule has 1 saturated heterocycles. The first kappa shape index (κ1) is 19.4. The summed E-state index contributed by atoms with van der Waals surface area (Å²) in [4.78, 5) is 23.2. The van der Waals surface area contributed by atoms with Crippen LogP contribution in [0.1, 0.15) is 42.8 Å². The quantitative estimate of drug-likeness (QED) is 0.758. The molecule has 2 aromatic rings. The predicted molar refractivity (Wildman–Crippen MR) is 115 cm³/mol. The second-order valence-electron chi connectivity index (χ2n) is 8.62. The molecular weight excluding hydrogens is 380 g/mol. The fourth-order valence-corrected chi connectivity index (χ4v) is 4.91. The van der Waals surface area contributed by atoms with Crippen LogP contribution in [-0.4, -0.2) is 65.5 Å². The van der Waals surface area contributed by atoms with Gasteiger partial charge in [0, 0.05) is 70.2 Å². The lowest BCUT2D eigenvalue weighted by molar-refractivity contribution is -0.129. The van der Waals surface area contributed by atoms with Crippen LogP contribution in [0.2, 0.25) is 0 Å². The topological polar surface area (TPSA) is 66.7 Å². The van der Waals surface area contributed by atoms with Gasteiger partial charge in [0.1, 0.15) is 0 Å². The Kier molecular flexibility index (Phi) is 4.89. The number of likely N-dealkylation sites (N-methyl/N-ethyl adjacent to an activating group) is 1.